The van der Waals surface area contributed by atoms with Crippen molar-refractivity contribution in [2.45, 2.75) is 6.92 Å². The van der Waals surface area contributed by atoms with Gasteiger partial charge in [0.2, 0.25) is 15.9 Å². The molecule has 2 rings (SSSR count). The number of sulfonamides is 1. The van der Waals surface area contributed by atoms with Gasteiger partial charge in [-0.25, -0.2) is 8.42 Å². The van der Waals surface area contributed by atoms with Crippen molar-refractivity contribution in [1.29, 1.82) is 5.26 Å². The van der Waals surface area contributed by atoms with Crippen LogP contribution >= 0.6 is 0 Å². The molecule has 0 aliphatic rings. The van der Waals surface area contributed by atoms with Crippen molar-refractivity contribution < 1.29 is 17.9 Å². The summed E-state index contributed by atoms with van der Waals surface area (Å²) in [6.45, 7) is 1.84. The van der Waals surface area contributed by atoms with Gasteiger partial charge in [-0.1, -0.05) is 18.2 Å². The number of anilines is 2. The SMILES string of the molecule is CCOc1ccccc1NC(=O)CN(c1cccc(C#N)c1)S(C)(=O)=O. The van der Waals surface area contributed by atoms with Gasteiger partial charge in [-0.2, -0.15) is 5.26 Å². The summed E-state index contributed by atoms with van der Waals surface area (Å²) in [5, 5.41) is 11.7. The summed E-state index contributed by atoms with van der Waals surface area (Å²) in [7, 11) is -3.72. The van der Waals surface area contributed by atoms with Gasteiger partial charge in [-0.15, -0.1) is 0 Å². The molecule has 7 nitrogen and oxygen atoms in total. The van der Waals surface area contributed by atoms with Gasteiger partial charge in [0, 0.05) is 0 Å². The van der Waals surface area contributed by atoms with Crippen LogP contribution in [0, 0.1) is 11.3 Å². The maximum absolute atomic E-state index is 12.4. The molecule has 2 aromatic rings. The molecular weight excluding hydrogens is 354 g/mol. The molecule has 136 valence electrons. The molecule has 0 bridgehead atoms. The van der Waals surface area contributed by atoms with Crippen LogP contribution in [0.15, 0.2) is 48.5 Å². The Morgan fingerprint density at radius 1 is 1.23 bits per heavy atom. The zero-order chi connectivity index (χ0) is 19.2. The normalized spacial score (nSPS) is 10.7. The lowest BCUT2D eigenvalue weighted by Gasteiger charge is -2.22. The minimum atomic E-state index is -3.72. The Balaban J connectivity index is 2.24. The molecule has 1 N–H and O–H groups in total. The Labute approximate surface area is 152 Å². The molecule has 0 aliphatic carbocycles. The highest BCUT2D eigenvalue weighted by Gasteiger charge is 2.21. The maximum Gasteiger partial charge on any atom is 0.245 e. The molecule has 8 heteroatoms. The van der Waals surface area contributed by atoms with E-state index in [1.807, 2.05) is 13.0 Å². The van der Waals surface area contributed by atoms with Gasteiger partial charge in [0.1, 0.15) is 12.3 Å². The van der Waals surface area contributed by atoms with Gasteiger partial charge in [-0.05, 0) is 37.3 Å². The Morgan fingerprint density at radius 3 is 2.62 bits per heavy atom. The van der Waals surface area contributed by atoms with Crippen LogP contribution in [0.4, 0.5) is 11.4 Å². The van der Waals surface area contributed by atoms with Crippen LogP contribution in [-0.4, -0.2) is 33.7 Å². The number of rotatable bonds is 7. The fourth-order valence-electron chi connectivity index (χ4n) is 2.30. The van der Waals surface area contributed by atoms with Gasteiger partial charge in [0.25, 0.3) is 0 Å². The average molecular weight is 373 g/mol. The van der Waals surface area contributed by atoms with E-state index in [1.54, 1.807) is 36.4 Å². The number of nitrogens with zero attached hydrogens (tertiary/aromatic N) is 2. The first-order chi connectivity index (χ1) is 12.3. The van der Waals surface area contributed by atoms with E-state index in [0.717, 1.165) is 10.6 Å². The zero-order valence-corrected chi connectivity index (χ0v) is 15.3. The van der Waals surface area contributed by atoms with Gasteiger partial charge >= 0.3 is 0 Å². The lowest BCUT2D eigenvalue weighted by Crippen LogP contribution is -2.37. The maximum atomic E-state index is 12.4. The predicted octanol–water partition coefficient (Wildman–Crippen LogP) is 2.36. The fourth-order valence-corrected chi connectivity index (χ4v) is 3.15. The third kappa shape index (κ3) is 4.97. The highest BCUT2D eigenvalue weighted by molar-refractivity contribution is 7.92. The van der Waals surface area contributed by atoms with Crippen molar-refractivity contribution in [3.05, 3.63) is 54.1 Å². The van der Waals surface area contributed by atoms with Crippen molar-refractivity contribution >= 4 is 27.3 Å². The quantitative estimate of drug-likeness (QED) is 0.803. The van der Waals surface area contributed by atoms with Crippen LogP contribution in [-0.2, 0) is 14.8 Å². The number of ether oxygens (including phenoxy) is 1. The summed E-state index contributed by atoms with van der Waals surface area (Å²) < 4.78 is 30.6. The third-order valence-electron chi connectivity index (χ3n) is 3.41. The molecule has 0 atom stereocenters. The van der Waals surface area contributed by atoms with Gasteiger partial charge < -0.3 is 10.1 Å². The summed E-state index contributed by atoms with van der Waals surface area (Å²) in [6.07, 6.45) is 1.01. The topological polar surface area (TPSA) is 99.5 Å². The van der Waals surface area contributed by atoms with Crippen molar-refractivity contribution in [2.75, 3.05) is 29.0 Å². The summed E-state index contributed by atoms with van der Waals surface area (Å²) in [6, 6.07) is 14.9. The second kappa shape index (κ2) is 8.36. The molecule has 0 aromatic heterocycles. The first kappa shape index (κ1) is 19.3. The van der Waals surface area contributed by atoms with E-state index < -0.39 is 22.5 Å². The largest absolute Gasteiger partial charge is 0.492 e. The van der Waals surface area contributed by atoms with E-state index in [9.17, 15) is 13.2 Å². The number of para-hydroxylation sites is 2. The van der Waals surface area contributed by atoms with Gasteiger partial charge in [0.05, 0.1) is 35.9 Å². The number of nitrogens with one attached hydrogen (secondary N) is 1. The predicted molar refractivity (Wildman–Crippen MR) is 99.6 cm³/mol. The molecule has 0 radical (unpaired) electrons. The molecular formula is C18H19N3O4S. The molecule has 0 fully saturated rings. The van der Waals surface area contributed by atoms with Crippen LogP contribution in [0.2, 0.25) is 0 Å². The van der Waals surface area contributed by atoms with Crippen molar-refractivity contribution in [1.82, 2.24) is 0 Å². The molecule has 0 aliphatic heterocycles. The Bertz CT molecular complexity index is 935. The van der Waals surface area contributed by atoms with Crippen LogP contribution in [0.25, 0.3) is 0 Å². The molecule has 0 saturated heterocycles. The standard InChI is InChI=1S/C18H19N3O4S/c1-3-25-17-10-5-4-9-16(17)20-18(22)13-21(26(2,23)24)15-8-6-7-14(11-15)12-19/h4-11H,3,13H2,1-2H3,(H,20,22). The molecule has 0 unspecified atom stereocenters. The molecule has 0 heterocycles. The van der Waals surface area contributed by atoms with E-state index in [-0.39, 0.29) is 5.69 Å². The fraction of sp³-hybridized carbons (Fsp3) is 0.222. The summed E-state index contributed by atoms with van der Waals surface area (Å²) in [4.78, 5) is 12.4. The van der Waals surface area contributed by atoms with E-state index in [0.29, 0.717) is 23.6 Å². The van der Waals surface area contributed by atoms with Crippen LogP contribution in [0.1, 0.15) is 12.5 Å². The minimum absolute atomic E-state index is 0.250. The first-order valence-electron chi connectivity index (χ1n) is 7.84. The molecule has 26 heavy (non-hydrogen) atoms. The van der Waals surface area contributed by atoms with Crippen molar-refractivity contribution in [2.24, 2.45) is 0 Å². The van der Waals surface area contributed by atoms with Crippen molar-refractivity contribution in [3.8, 4) is 11.8 Å². The molecule has 0 spiro atoms. The van der Waals surface area contributed by atoms with Gasteiger partial charge in [0.15, 0.2) is 0 Å². The molecule has 0 saturated carbocycles. The second-order valence-corrected chi connectivity index (χ2v) is 7.32. The number of hydrogen-bond acceptors (Lipinski definition) is 5. The average Bonchev–Trinajstić information content (AvgIpc) is 2.60. The van der Waals surface area contributed by atoms with Gasteiger partial charge in [-0.3, -0.25) is 9.10 Å². The number of carbonyl (C=O) groups excluding carboxylic acids is 1. The summed E-state index contributed by atoms with van der Waals surface area (Å²) >= 11 is 0. The van der Waals surface area contributed by atoms with E-state index >= 15 is 0 Å². The van der Waals surface area contributed by atoms with Crippen LogP contribution < -0.4 is 14.4 Å². The highest BCUT2D eigenvalue weighted by Crippen LogP contribution is 2.24. The Morgan fingerprint density at radius 2 is 1.96 bits per heavy atom. The number of amides is 1. The van der Waals surface area contributed by atoms with E-state index in [2.05, 4.69) is 5.32 Å². The monoisotopic (exact) mass is 373 g/mol. The molecule has 1 amide bonds. The first-order valence-corrected chi connectivity index (χ1v) is 9.69. The number of benzene rings is 2. The number of hydrogen-bond donors (Lipinski definition) is 1. The van der Waals surface area contributed by atoms with Crippen LogP contribution in [0.5, 0.6) is 5.75 Å². The highest BCUT2D eigenvalue weighted by atomic mass is 32.2. The summed E-state index contributed by atoms with van der Waals surface area (Å²) in [5.74, 6) is -0.0225. The second-order valence-electron chi connectivity index (χ2n) is 5.41. The zero-order valence-electron chi connectivity index (χ0n) is 14.5. The van der Waals surface area contributed by atoms with Crippen molar-refractivity contribution in [3.63, 3.8) is 0 Å². The minimum Gasteiger partial charge on any atom is -0.492 e. The Hall–Kier alpha value is -3.05. The smallest absolute Gasteiger partial charge is 0.245 e. The number of nitriles is 1. The number of carbonyl (C=O) groups is 1. The van der Waals surface area contributed by atoms with E-state index in [4.69, 9.17) is 10.00 Å². The lowest BCUT2D eigenvalue weighted by molar-refractivity contribution is -0.114. The Kier molecular flexibility index (Phi) is 6.20. The molecule has 2 aromatic carbocycles. The lowest BCUT2D eigenvalue weighted by atomic mass is 10.2. The third-order valence-corrected chi connectivity index (χ3v) is 4.55. The van der Waals surface area contributed by atoms with Crippen LogP contribution in [0.3, 0.4) is 0 Å². The van der Waals surface area contributed by atoms with E-state index in [1.165, 1.54) is 12.1 Å². The summed E-state index contributed by atoms with van der Waals surface area (Å²) in [5.41, 5.74) is 1.01.